The van der Waals surface area contributed by atoms with Gasteiger partial charge in [0.05, 0.1) is 45.7 Å². The van der Waals surface area contributed by atoms with Crippen LogP contribution >= 0.6 is 11.8 Å². The first-order valence-corrected chi connectivity index (χ1v) is 22.2. The molecule has 4 aliphatic rings. The molecular formula is C45H53N7O8S. The summed E-state index contributed by atoms with van der Waals surface area (Å²) >= 11 is 1.62. The molecule has 8 rings (SSSR count). The first-order valence-electron chi connectivity index (χ1n) is 21.2. The molecule has 2 atom stereocenters. The first-order chi connectivity index (χ1) is 29.8. The number of carbonyl (C=O) groups is 4. The molecule has 4 aliphatic heterocycles. The van der Waals surface area contributed by atoms with Crippen LogP contribution in [0.15, 0.2) is 77.7 Å². The van der Waals surface area contributed by atoms with E-state index in [1.807, 2.05) is 71.4 Å². The molecule has 322 valence electrons. The predicted molar refractivity (Wildman–Crippen MR) is 230 cm³/mol. The molecule has 0 saturated carbocycles. The van der Waals surface area contributed by atoms with Crippen LogP contribution in [0.3, 0.4) is 0 Å². The van der Waals surface area contributed by atoms with Crippen LogP contribution < -0.4 is 21.1 Å². The van der Waals surface area contributed by atoms with Crippen molar-refractivity contribution in [2.24, 2.45) is 11.7 Å². The number of benzene rings is 3. The third-order valence-electron chi connectivity index (χ3n) is 11.8. The topological polar surface area (TPSA) is 180 Å². The summed E-state index contributed by atoms with van der Waals surface area (Å²) in [5.74, 6) is 1.95. The number of nitrogens with zero attached hydrogens (tertiary/aromatic N) is 4. The van der Waals surface area contributed by atoms with Crippen LogP contribution in [0.1, 0.15) is 64.4 Å². The van der Waals surface area contributed by atoms with Gasteiger partial charge in [-0.2, -0.15) is 5.10 Å². The minimum atomic E-state index is -0.624. The van der Waals surface area contributed by atoms with Gasteiger partial charge in [0.15, 0.2) is 0 Å². The number of primary amides is 1. The maximum Gasteiger partial charge on any atom is 0.255 e. The molecule has 4 aromatic rings. The van der Waals surface area contributed by atoms with E-state index in [1.54, 1.807) is 22.7 Å². The highest BCUT2D eigenvalue weighted by Gasteiger charge is 2.40. The van der Waals surface area contributed by atoms with Crippen molar-refractivity contribution in [2.75, 3.05) is 76.9 Å². The highest BCUT2D eigenvalue weighted by molar-refractivity contribution is 7.99. The number of anilines is 1. The summed E-state index contributed by atoms with van der Waals surface area (Å²) in [6.07, 6.45) is 3.58. The van der Waals surface area contributed by atoms with Gasteiger partial charge in [0.1, 0.15) is 34.6 Å². The van der Waals surface area contributed by atoms with E-state index in [9.17, 15) is 19.2 Å². The van der Waals surface area contributed by atoms with E-state index in [2.05, 4.69) is 15.5 Å². The zero-order chi connectivity index (χ0) is 42.1. The Morgan fingerprint density at radius 2 is 1.54 bits per heavy atom. The fourth-order valence-electron chi connectivity index (χ4n) is 8.68. The average Bonchev–Trinajstić information content (AvgIpc) is 3.83. The molecule has 2 saturated heterocycles. The summed E-state index contributed by atoms with van der Waals surface area (Å²) in [7, 11) is 0. The summed E-state index contributed by atoms with van der Waals surface area (Å²) in [4.78, 5) is 54.9. The normalized spacial score (nSPS) is 19.3. The van der Waals surface area contributed by atoms with Gasteiger partial charge in [-0.25, -0.2) is 4.68 Å². The maximum absolute atomic E-state index is 13.1. The number of amides is 4. The quantitative estimate of drug-likeness (QED) is 0.0646. The van der Waals surface area contributed by atoms with Gasteiger partial charge in [-0.3, -0.25) is 24.5 Å². The van der Waals surface area contributed by atoms with Gasteiger partial charge >= 0.3 is 0 Å². The van der Waals surface area contributed by atoms with Crippen molar-refractivity contribution >= 4 is 41.2 Å². The van der Waals surface area contributed by atoms with Crippen molar-refractivity contribution in [3.05, 3.63) is 89.5 Å². The lowest BCUT2D eigenvalue weighted by atomic mass is 9.87. The third kappa shape index (κ3) is 10.1. The number of hydrogen-bond acceptors (Lipinski definition) is 12. The molecule has 61 heavy (non-hydrogen) atoms. The standard InChI is InChI=1S/C45H53N7O8S/c46-42(54)40-41(31-9-11-33(12-10-31)60-32-5-2-1-3-6-32)49-52-36(15-18-47-43(40)52)30-16-19-50(20-17-30)21-22-57-23-24-58-25-26-59-27-28-61-38-8-4-7-34-35(38)29-51(45(34)56)37-13-14-39(53)48-44(37)55/h1-12,30,36-37,47H,13-29H2,(H2,46,54)(H,48,53,55). The lowest BCUT2D eigenvalue weighted by Crippen LogP contribution is -2.52. The molecular weight excluding hydrogens is 799 g/mol. The number of thioether (sulfide) groups is 1. The van der Waals surface area contributed by atoms with Gasteiger partial charge in [0.25, 0.3) is 11.8 Å². The average molecular weight is 852 g/mol. The molecule has 0 aliphatic carbocycles. The minimum Gasteiger partial charge on any atom is -0.457 e. The number of rotatable bonds is 19. The lowest BCUT2D eigenvalue weighted by molar-refractivity contribution is -0.136. The Bertz CT molecular complexity index is 2180. The van der Waals surface area contributed by atoms with Crippen molar-refractivity contribution in [3.63, 3.8) is 0 Å². The number of nitrogens with two attached hydrogens (primary N) is 1. The van der Waals surface area contributed by atoms with Gasteiger partial charge < -0.3 is 39.8 Å². The smallest absolute Gasteiger partial charge is 0.255 e. The number of ether oxygens (including phenoxy) is 4. The van der Waals surface area contributed by atoms with Gasteiger partial charge in [-0.1, -0.05) is 24.3 Å². The van der Waals surface area contributed by atoms with E-state index in [4.69, 9.17) is 29.8 Å². The summed E-state index contributed by atoms with van der Waals surface area (Å²) in [6.45, 7) is 7.08. The summed E-state index contributed by atoms with van der Waals surface area (Å²) in [6, 6.07) is 22.4. The molecule has 0 radical (unpaired) electrons. The number of likely N-dealkylation sites (tertiary alicyclic amines) is 1. The fourth-order valence-corrected chi connectivity index (χ4v) is 9.63. The number of nitrogens with one attached hydrogen (secondary N) is 2. The second kappa shape index (κ2) is 20.1. The molecule has 2 unspecified atom stereocenters. The van der Waals surface area contributed by atoms with Crippen LogP contribution in [0.2, 0.25) is 0 Å². The molecule has 5 heterocycles. The van der Waals surface area contributed by atoms with Crippen molar-refractivity contribution in [3.8, 4) is 22.8 Å². The number of imide groups is 1. The molecule has 15 nitrogen and oxygen atoms in total. The Balaban J connectivity index is 0.699. The van der Waals surface area contributed by atoms with Crippen molar-refractivity contribution < 1.29 is 38.1 Å². The SMILES string of the molecule is NC(=O)c1c(-c2ccc(Oc3ccccc3)cc2)nn2c1NCCC2C1CCN(CCOCCOCCOCCSc2cccc3c2CN(C2CCC(=O)NC2=O)C3=O)CC1. The summed E-state index contributed by atoms with van der Waals surface area (Å²) in [5.41, 5.74) is 9.32. The van der Waals surface area contributed by atoms with Gasteiger partial charge in [-0.05, 0) is 98.8 Å². The van der Waals surface area contributed by atoms with Gasteiger partial charge in [0, 0.05) is 47.8 Å². The van der Waals surface area contributed by atoms with E-state index in [0.29, 0.717) is 92.7 Å². The zero-order valence-corrected chi connectivity index (χ0v) is 35.0. The zero-order valence-electron chi connectivity index (χ0n) is 34.2. The van der Waals surface area contributed by atoms with Crippen LogP contribution in [0, 0.1) is 5.92 Å². The van der Waals surface area contributed by atoms with Crippen molar-refractivity contribution in [2.45, 2.75) is 55.6 Å². The molecule has 0 spiro atoms. The number of carbonyl (C=O) groups excluding carboxylic acids is 4. The van der Waals surface area contributed by atoms with E-state index in [-0.39, 0.29) is 24.3 Å². The molecule has 1 aromatic heterocycles. The number of aromatic nitrogens is 2. The second-order valence-electron chi connectivity index (χ2n) is 15.7. The Kier molecular flexibility index (Phi) is 14.0. The highest BCUT2D eigenvalue weighted by atomic mass is 32.2. The largest absolute Gasteiger partial charge is 0.457 e. The fraction of sp³-hybridized carbons (Fsp3) is 0.444. The molecule has 3 aromatic carbocycles. The molecule has 16 heteroatoms. The molecule has 2 fully saturated rings. The van der Waals surface area contributed by atoms with Crippen LogP contribution in [-0.4, -0.2) is 121 Å². The van der Waals surface area contributed by atoms with E-state index in [0.717, 1.165) is 67.2 Å². The monoisotopic (exact) mass is 851 g/mol. The van der Waals surface area contributed by atoms with E-state index >= 15 is 0 Å². The summed E-state index contributed by atoms with van der Waals surface area (Å²) < 4.78 is 25.4. The van der Waals surface area contributed by atoms with Gasteiger partial charge in [-0.15, -0.1) is 11.8 Å². The second-order valence-corrected chi connectivity index (χ2v) is 16.8. The number of fused-ring (bicyclic) bond motifs is 2. The number of hydrogen-bond donors (Lipinski definition) is 3. The highest BCUT2D eigenvalue weighted by Crippen LogP contribution is 2.40. The Morgan fingerprint density at radius 1 is 0.820 bits per heavy atom. The molecule has 0 bridgehead atoms. The van der Waals surface area contributed by atoms with Crippen LogP contribution in [0.5, 0.6) is 11.5 Å². The summed E-state index contributed by atoms with van der Waals surface area (Å²) in [5, 5.41) is 10.8. The van der Waals surface area contributed by atoms with Crippen molar-refractivity contribution in [1.29, 1.82) is 0 Å². The number of piperidine rings is 2. The van der Waals surface area contributed by atoms with Crippen LogP contribution in [0.4, 0.5) is 5.82 Å². The molecule has 4 N–H and O–H groups in total. The Morgan fingerprint density at radius 3 is 2.28 bits per heavy atom. The predicted octanol–water partition coefficient (Wildman–Crippen LogP) is 5.11. The van der Waals surface area contributed by atoms with Crippen LogP contribution in [-0.2, 0) is 30.3 Å². The third-order valence-corrected chi connectivity index (χ3v) is 12.9. The van der Waals surface area contributed by atoms with E-state index in [1.165, 1.54) is 0 Å². The van der Waals surface area contributed by atoms with Crippen LogP contribution in [0.25, 0.3) is 11.3 Å². The first kappa shape index (κ1) is 42.4. The molecule has 4 amide bonds. The Hall–Kier alpha value is -5.26. The Labute approximate surface area is 359 Å². The van der Waals surface area contributed by atoms with Crippen molar-refractivity contribution in [1.82, 2.24) is 24.9 Å². The minimum absolute atomic E-state index is 0.167. The maximum atomic E-state index is 13.1. The lowest BCUT2D eigenvalue weighted by Gasteiger charge is -2.38. The number of para-hydroxylation sites is 1. The van der Waals surface area contributed by atoms with Gasteiger partial charge in [0.2, 0.25) is 11.8 Å². The van der Waals surface area contributed by atoms with E-state index < -0.39 is 17.9 Å².